The molecule has 0 spiro atoms. The van der Waals surface area contributed by atoms with Gasteiger partial charge < -0.3 is 10.5 Å². The van der Waals surface area contributed by atoms with Crippen molar-refractivity contribution in [2.75, 3.05) is 7.11 Å². The zero-order valence-electron chi connectivity index (χ0n) is 7.43. The van der Waals surface area contributed by atoms with E-state index in [1.54, 1.807) is 0 Å². The average molecular weight is 206 g/mol. The molecule has 14 heavy (non-hydrogen) atoms. The summed E-state index contributed by atoms with van der Waals surface area (Å²) in [7, 11) is 1.27. The minimum Gasteiger partial charge on any atom is -0.481 e. The average Bonchev–Trinajstić information content (AvgIpc) is 2.16. The maximum atomic E-state index is 13.3. The van der Waals surface area contributed by atoms with Gasteiger partial charge in [-0.3, -0.25) is 0 Å². The molecule has 0 unspecified atom stereocenters. The monoisotopic (exact) mass is 206 g/mol. The Morgan fingerprint density at radius 2 is 2.21 bits per heavy atom. The molecule has 0 aliphatic carbocycles. The number of rotatable bonds is 3. The molecule has 0 saturated carbocycles. The van der Waals surface area contributed by atoms with Crippen molar-refractivity contribution in [1.82, 2.24) is 4.98 Å². The predicted octanol–water partition coefficient (Wildman–Crippen LogP) is 1.63. The molecule has 0 aliphatic rings. The van der Waals surface area contributed by atoms with Gasteiger partial charge in [0, 0.05) is 12.7 Å². The fourth-order valence-corrected chi connectivity index (χ4v) is 1.04. The van der Waals surface area contributed by atoms with Crippen molar-refractivity contribution in [3.63, 3.8) is 0 Å². The summed E-state index contributed by atoms with van der Waals surface area (Å²) >= 11 is 0. The molecule has 1 heterocycles. The highest BCUT2D eigenvalue weighted by atomic mass is 19.3. The van der Waals surface area contributed by atoms with E-state index in [2.05, 4.69) is 9.72 Å². The molecule has 78 valence electrons. The van der Waals surface area contributed by atoms with E-state index in [1.807, 2.05) is 0 Å². The number of nitrogens with zero attached hydrogens (tertiary/aromatic N) is 1. The second-order valence-electron chi connectivity index (χ2n) is 2.52. The maximum absolute atomic E-state index is 13.3. The predicted molar refractivity (Wildman–Crippen MR) is 43.6 cm³/mol. The van der Waals surface area contributed by atoms with Crippen LogP contribution in [-0.2, 0) is 6.54 Å². The largest absolute Gasteiger partial charge is 0.481 e. The first-order valence-corrected chi connectivity index (χ1v) is 3.81. The highest BCUT2D eigenvalue weighted by Gasteiger charge is 2.20. The van der Waals surface area contributed by atoms with Crippen LogP contribution in [0.3, 0.4) is 0 Å². The fourth-order valence-electron chi connectivity index (χ4n) is 1.04. The first-order chi connectivity index (χ1) is 6.61. The molecule has 2 N–H and O–H groups in total. The lowest BCUT2D eigenvalue weighted by atomic mass is 10.2. The van der Waals surface area contributed by atoms with Crippen LogP contribution in [0.2, 0.25) is 0 Å². The minimum absolute atomic E-state index is 0.0607. The Labute approximate surface area is 78.7 Å². The fraction of sp³-hybridized carbons (Fsp3) is 0.375. The van der Waals surface area contributed by atoms with Gasteiger partial charge in [-0.25, -0.2) is 18.2 Å². The third-order valence-corrected chi connectivity index (χ3v) is 1.73. The lowest BCUT2D eigenvalue weighted by molar-refractivity contribution is 0.145. The smallest absolute Gasteiger partial charge is 0.268 e. The molecule has 0 radical (unpaired) electrons. The molecule has 1 aromatic rings. The standard InChI is InChI=1S/C8H9F3N2O/c1-14-8-4(2-12)6(9)5(3-13-8)7(10)11/h3,7H,2,12H2,1H3. The van der Waals surface area contributed by atoms with Gasteiger partial charge in [-0.05, 0) is 0 Å². The number of methoxy groups -OCH3 is 1. The zero-order valence-corrected chi connectivity index (χ0v) is 7.43. The van der Waals surface area contributed by atoms with E-state index in [-0.39, 0.29) is 18.0 Å². The van der Waals surface area contributed by atoms with Crippen molar-refractivity contribution in [1.29, 1.82) is 0 Å². The number of ether oxygens (including phenoxy) is 1. The van der Waals surface area contributed by atoms with Crippen LogP contribution in [0, 0.1) is 5.82 Å². The Morgan fingerprint density at radius 3 is 2.64 bits per heavy atom. The van der Waals surface area contributed by atoms with E-state index in [0.29, 0.717) is 0 Å². The Balaban J connectivity index is 3.27. The van der Waals surface area contributed by atoms with Gasteiger partial charge in [-0.15, -0.1) is 0 Å². The number of nitrogens with two attached hydrogens (primary N) is 1. The van der Waals surface area contributed by atoms with Gasteiger partial charge in [0.1, 0.15) is 5.82 Å². The zero-order chi connectivity index (χ0) is 10.7. The second-order valence-corrected chi connectivity index (χ2v) is 2.52. The van der Waals surface area contributed by atoms with E-state index in [1.165, 1.54) is 7.11 Å². The van der Waals surface area contributed by atoms with Crippen LogP contribution < -0.4 is 10.5 Å². The van der Waals surface area contributed by atoms with E-state index in [4.69, 9.17) is 5.73 Å². The summed E-state index contributed by atoms with van der Waals surface area (Å²) in [5, 5.41) is 0. The molecule has 3 nitrogen and oxygen atoms in total. The third kappa shape index (κ3) is 1.79. The molecule has 1 aromatic heterocycles. The molecule has 1 rings (SSSR count). The van der Waals surface area contributed by atoms with Gasteiger partial charge in [-0.2, -0.15) is 0 Å². The van der Waals surface area contributed by atoms with Crippen LogP contribution in [0.1, 0.15) is 17.6 Å². The van der Waals surface area contributed by atoms with Crippen molar-refractivity contribution in [2.24, 2.45) is 5.73 Å². The van der Waals surface area contributed by atoms with Crippen molar-refractivity contribution >= 4 is 0 Å². The molecule has 0 aromatic carbocycles. The number of alkyl halides is 2. The lowest BCUT2D eigenvalue weighted by Crippen LogP contribution is -2.07. The Morgan fingerprint density at radius 1 is 1.57 bits per heavy atom. The third-order valence-electron chi connectivity index (χ3n) is 1.73. The van der Waals surface area contributed by atoms with E-state index in [0.717, 1.165) is 6.20 Å². The van der Waals surface area contributed by atoms with Gasteiger partial charge in [0.25, 0.3) is 6.43 Å². The summed E-state index contributed by atoms with van der Waals surface area (Å²) < 4.78 is 42.4. The Hall–Kier alpha value is -1.30. The number of pyridine rings is 1. The highest BCUT2D eigenvalue weighted by Crippen LogP contribution is 2.27. The second kappa shape index (κ2) is 4.28. The molecular formula is C8H9F3N2O. The van der Waals surface area contributed by atoms with Gasteiger partial charge >= 0.3 is 0 Å². The number of hydrogen-bond donors (Lipinski definition) is 1. The summed E-state index contributed by atoms with van der Waals surface area (Å²) in [6.45, 7) is -0.234. The molecule has 0 amide bonds. The highest BCUT2D eigenvalue weighted by molar-refractivity contribution is 5.32. The van der Waals surface area contributed by atoms with Gasteiger partial charge in [0.15, 0.2) is 0 Å². The van der Waals surface area contributed by atoms with Crippen LogP contribution >= 0.6 is 0 Å². The molecule has 0 bridgehead atoms. The molecule has 0 saturated heterocycles. The maximum Gasteiger partial charge on any atom is 0.268 e. The topological polar surface area (TPSA) is 48.1 Å². The van der Waals surface area contributed by atoms with Crippen LogP contribution in [0.25, 0.3) is 0 Å². The van der Waals surface area contributed by atoms with Crippen LogP contribution in [0.4, 0.5) is 13.2 Å². The first kappa shape index (κ1) is 10.8. The van der Waals surface area contributed by atoms with Crippen LogP contribution in [0.5, 0.6) is 5.88 Å². The molecule has 0 aliphatic heterocycles. The molecule has 0 fully saturated rings. The summed E-state index contributed by atoms with van der Waals surface area (Å²) in [4.78, 5) is 3.53. The van der Waals surface area contributed by atoms with Gasteiger partial charge in [-0.1, -0.05) is 0 Å². The summed E-state index contributed by atoms with van der Waals surface area (Å²) in [5.74, 6) is -1.11. The van der Waals surface area contributed by atoms with Gasteiger partial charge in [0.05, 0.1) is 18.2 Å². The summed E-state index contributed by atoms with van der Waals surface area (Å²) in [5.41, 5.74) is 4.30. The van der Waals surface area contributed by atoms with Crippen LogP contribution in [0.15, 0.2) is 6.20 Å². The van der Waals surface area contributed by atoms with Crippen molar-refractivity contribution in [3.8, 4) is 5.88 Å². The quantitative estimate of drug-likeness (QED) is 0.817. The Kier molecular flexibility index (Phi) is 3.29. The van der Waals surface area contributed by atoms with Gasteiger partial charge in [0.2, 0.25) is 5.88 Å². The minimum atomic E-state index is -2.90. The number of hydrogen-bond acceptors (Lipinski definition) is 3. The van der Waals surface area contributed by atoms with E-state index in [9.17, 15) is 13.2 Å². The SMILES string of the molecule is COc1ncc(C(F)F)c(F)c1CN. The van der Waals surface area contributed by atoms with E-state index < -0.39 is 17.8 Å². The molecular weight excluding hydrogens is 197 g/mol. The normalized spacial score (nSPS) is 10.7. The molecule has 0 atom stereocenters. The lowest BCUT2D eigenvalue weighted by Gasteiger charge is -2.09. The Bertz CT molecular complexity index is 331. The van der Waals surface area contributed by atoms with Crippen molar-refractivity contribution < 1.29 is 17.9 Å². The summed E-state index contributed by atoms with van der Waals surface area (Å²) in [6.07, 6.45) is -2.16. The number of aromatic nitrogens is 1. The first-order valence-electron chi connectivity index (χ1n) is 3.81. The number of halogens is 3. The van der Waals surface area contributed by atoms with Crippen LogP contribution in [-0.4, -0.2) is 12.1 Å². The van der Waals surface area contributed by atoms with Crippen molar-refractivity contribution in [2.45, 2.75) is 13.0 Å². The van der Waals surface area contributed by atoms with E-state index >= 15 is 0 Å². The van der Waals surface area contributed by atoms with Crippen molar-refractivity contribution in [3.05, 3.63) is 23.1 Å². The molecule has 6 heteroatoms. The summed E-state index contributed by atoms with van der Waals surface area (Å²) in [6, 6.07) is 0.